The molecule has 1 heterocycles. The zero-order chi connectivity index (χ0) is 16.5. The van der Waals surface area contributed by atoms with E-state index in [1.807, 2.05) is 0 Å². The van der Waals surface area contributed by atoms with Gasteiger partial charge in [-0.15, -0.1) is 0 Å². The third-order valence-corrected chi connectivity index (χ3v) is 4.33. The molecule has 1 aliphatic heterocycles. The Balaban J connectivity index is 2.35. The molecule has 0 radical (unpaired) electrons. The van der Waals surface area contributed by atoms with E-state index in [1.165, 1.54) is 7.11 Å². The second kappa shape index (κ2) is 6.45. The highest BCUT2D eigenvalue weighted by atomic mass is 79.9. The third-order valence-electron chi connectivity index (χ3n) is 3.71. The van der Waals surface area contributed by atoms with Crippen LogP contribution in [0.4, 0.5) is 13.2 Å². The maximum Gasteiger partial charge on any atom is 0.471 e. The molecule has 0 saturated heterocycles. The SMILES string of the molecule is COc1cc2c(cc1Br)CC(CO)N(C(=O)C(F)(F)F)CC2. The van der Waals surface area contributed by atoms with E-state index in [0.29, 0.717) is 15.1 Å². The van der Waals surface area contributed by atoms with Gasteiger partial charge < -0.3 is 14.7 Å². The van der Waals surface area contributed by atoms with Crippen LogP contribution < -0.4 is 4.74 Å². The molecule has 1 aliphatic rings. The number of fused-ring (bicyclic) bond motifs is 1. The van der Waals surface area contributed by atoms with Gasteiger partial charge in [0.2, 0.25) is 0 Å². The molecule has 1 N–H and O–H groups in total. The second-order valence-electron chi connectivity index (χ2n) is 5.04. The fourth-order valence-corrected chi connectivity index (χ4v) is 3.15. The lowest BCUT2D eigenvalue weighted by Gasteiger charge is -2.29. The van der Waals surface area contributed by atoms with Crippen LogP contribution in [0.2, 0.25) is 0 Å². The Hall–Kier alpha value is -1.28. The molecule has 22 heavy (non-hydrogen) atoms. The van der Waals surface area contributed by atoms with Crippen LogP contribution in [-0.2, 0) is 17.6 Å². The number of amides is 1. The molecule has 2 rings (SSSR count). The van der Waals surface area contributed by atoms with Gasteiger partial charge in [0.25, 0.3) is 0 Å². The number of ether oxygens (including phenoxy) is 1. The average Bonchev–Trinajstić information content (AvgIpc) is 2.63. The van der Waals surface area contributed by atoms with Gasteiger partial charge in [-0.1, -0.05) is 0 Å². The first kappa shape index (κ1) is 17.1. The molecule has 0 saturated carbocycles. The monoisotopic (exact) mass is 381 g/mol. The van der Waals surface area contributed by atoms with Gasteiger partial charge in [-0.3, -0.25) is 4.79 Å². The molecule has 122 valence electrons. The van der Waals surface area contributed by atoms with E-state index < -0.39 is 24.7 Å². The number of benzene rings is 1. The lowest BCUT2D eigenvalue weighted by atomic mass is 10.00. The van der Waals surface area contributed by atoms with Gasteiger partial charge in [-0.25, -0.2) is 0 Å². The predicted molar refractivity (Wildman–Crippen MR) is 76.7 cm³/mol. The summed E-state index contributed by atoms with van der Waals surface area (Å²) < 4.78 is 43.9. The van der Waals surface area contributed by atoms with E-state index >= 15 is 0 Å². The second-order valence-corrected chi connectivity index (χ2v) is 5.90. The number of aliphatic hydroxyl groups excluding tert-OH is 1. The van der Waals surface area contributed by atoms with E-state index in [9.17, 15) is 23.1 Å². The van der Waals surface area contributed by atoms with Crippen LogP contribution in [0.25, 0.3) is 0 Å². The quantitative estimate of drug-likeness (QED) is 0.854. The highest BCUT2D eigenvalue weighted by molar-refractivity contribution is 9.10. The van der Waals surface area contributed by atoms with Crippen molar-refractivity contribution in [1.82, 2.24) is 4.90 Å². The zero-order valence-electron chi connectivity index (χ0n) is 11.8. The number of halogens is 4. The number of hydrogen-bond acceptors (Lipinski definition) is 3. The maximum absolute atomic E-state index is 12.7. The molecule has 4 nitrogen and oxygen atoms in total. The molecule has 1 aromatic carbocycles. The molecule has 0 spiro atoms. The minimum Gasteiger partial charge on any atom is -0.496 e. The number of carbonyl (C=O) groups is 1. The van der Waals surface area contributed by atoms with Crippen molar-refractivity contribution < 1.29 is 27.8 Å². The molecule has 1 unspecified atom stereocenters. The summed E-state index contributed by atoms with van der Waals surface area (Å²) in [6.45, 7) is -0.619. The minimum absolute atomic E-state index is 0.0959. The summed E-state index contributed by atoms with van der Waals surface area (Å²) >= 11 is 3.33. The van der Waals surface area contributed by atoms with Crippen molar-refractivity contribution in [3.8, 4) is 5.75 Å². The normalized spacial score (nSPS) is 18.6. The van der Waals surface area contributed by atoms with Gasteiger partial charge in [0.15, 0.2) is 0 Å². The number of aliphatic hydroxyl groups is 1. The fraction of sp³-hybridized carbons (Fsp3) is 0.500. The average molecular weight is 382 g/mol. The summed E-state index contributed by atoms with van der Waals surface area (Å²) in [6, 6.07) is 2.61. The van der Waals surface area contributed by atoms with Crippen LogP contribution in [-0.4, -0.2) is 48.4 Å². The molecule has 1 atom stereocenters. The van der Waals surface area contributed by atoms with Crippen molar-refractivity contribution >= 4 is 21.8 Å². The molecule has 0 bridgehead atoms. The Morgan fingerprint density at radius 3 is 2.68 bits per heavy atom. The summed E-state index contributed by atoms with van der Waals surface area (Å²) in [5.74, 6) is -1.33. The summed E-state index contributed by atoms with van der Waals surface area (Å²) in [6.07, 6.45) is -4.50. The van der Waals surface area contributed by atoms with Crippen LogP contribution in [0.15, 0.2) is 16.6 Å². The summed E-state index contributed by atoms with van der Waals surface area (Å²) in [5.41, 5.74) is 1.61. The van der Waals surface area contributed by atoms with E-state index in [-0.39, 0.29) is 19.4 Å². The Morgan fingerprint density at radius 2 is 2.14 bits per heavy atom. The molecule has 1 aromatic rings. The Morgan fingerprint density at radius 1 is 1.45 bits per heavy atom. The summed E-state index contributed by atoms with van der Waals surface area (Å²) in [4.78, 5) is 12.2. The first-order valence-corrected chi connectivity index (χ1v) is 7.41. The summed E-state index contributed by atoms with van der Waals surface area (Å²) in [5, 5.41) is 9.40. The first-order valence-electron chi connectivity index (χ1n) is 6.61. The smallest absolute Gasteiger partial charge is 0.471 e. The molecule has 1 amide bonds. The number of methoxy groups -OCH3 is 1. The van der Waals surface area contributed by atoms with Crippen LogP contribution >= 0.6 is 15.9 Å². The number of carbonyl (C=O) groups excluding carboxylic acids is 1. The number of nitrogens with zero attached hydrogens (tertiary/aromatic N) is 1. The van der Waals surface area contributed by atoms with Crippen molar-refractivity contribution in [2.75, 3.05) is 20.3 Å². The van der Waals surface area contributed by atoms with Gasteiger partial charge in [0.1, 0.15) is 5.75 Å². The first-order chi connectivity index (χ1) is 10.3. The topological polar surface area (TPSA) is 49.8 Å². The Labute approximate surface area is 134 Å². The number of rotatable bonds is 2. The van der Waals surface area contributed by atoms with Gasteiger partial charge in [-0.05, 0) is 52.0 Å². The van der Waals surface area contributed by atoms with E-state index in [1.54, 1.807) is 12.1 Å². The highest BCUT2D eigenvalue weighted by Crippen LogP contribution is 2.32. The lowest BCUT2D eigenvalue weighted by molar-refractivity contribution is -0.188. The van der Waals surface area contributed by atoms with E-state index in [2.05, 4.69) is 15.9 Å². The zero-order valence-corrected chi connectivity index (χ0v) is 13.4. The Kier molecular flexibility index (Phi) is 5.01. The fourth-order valence-electron chi connectivity index (χ4n) is 2.60. The molecule has 0 fully saturated rings. The number of hydrogen-bond donors (Lipinski definition) is 1. The van der Waals surface area contributed by atoms with Crippen LogP contribution in [0.3, 0.4) is 0 Å². The Bertz CT molecular complexity index is 577. The maximum atomic E-state index is 12.7. The largest absolute Gasteiger partial charge is 0.496 e. The van der Waals surface area contributed by atoms with Crippen molar-refractivity contribution in [3.63, 3.8) is 0 Å². The van der Waals surface area contributed by atoms with Gasteiger partial charge in [-0.2, -0.15) is 13.2 Å². The van der Waals surface area contributed by atoms with E-state index in [4.69, 9.17) is 4.74 Å². The molecule has 8 heteroatoms. The van der Waals surface area contributed by atoms with Crippen molar-refractivity contribution in [2.45, 2.75) is 25.1 Å². The third kappa shape index (κ3) is 3.38. The standard InChI is InChI=1S/C14H15BrF3NO3/c1-22-12-6-8-2-3-19(13(21)14(16,17)18)10(7-20)4-9(8)5-11(12)15/h5-6,10,20H,2-4,7H2,1H3. The number of alkyl halides is 3. The van der Waals surface area contributed by atoms with Crippen LogP contribution in [0.1, 0.15) is 11.1 Å². The van der Waals surface area contributed by atoms with Crippen molar-refractivity contribution in [3.05, 3.63) is 27.7 Å². The highest BCUT2D eigenvalue weighted by Gasteiger charge is 2.45. The minimum atomic E-state index is -4.94. The van der Waals surface area contributed by atoms with E-state index in [0.717, 1.165) is 11.1 Å². The summed E-state index contributed by atoms with van der Waals surface area (Å²) in [7, 11) is 1.50. The molecule has 0 aliphatic carbocycles. The molecule has 0 aromatic heterocycles. The van der Waals surface area contributed by atoms with Gasteiger partial charge in [0.05, 0.1) is 24.2 Å². The lowest BCUT2D eigenvalue weighted by Crippen LogP contribution is -2.49. The predicted octanol–water partition coefficient (Wildman–Crippen LogP) is 2.31. The van der Waals surface area contributed by atoms with Gasteiger partial charge >= 0.3 is 12.1 Å². The van der Waals surface area contributed by atoms with Crippen LogP contribution in [0, 0.1) is 0 Å². The van der Waals surface area contributed by atoms with Crippen LogP contribution in [0.5, 0.6) is 5.75 Å². The molecular formula is C14H15BrF3NO3. The molecular weight excluding hydrogens is 367 g/mol. The van der Waals surface area contributed by atoms with Gasteiger partial charge in [0, 0.05) is 6.54 Å². The van der Waals surface area contributed by atoms with Crippen molar-refractivity contribution in [1.29, 1.82) is 0 Å². The van der Waals surface area contributed by atoms with Crippen molar-refractivity contribution in [2.24, 2.45) is 0 Å².